The van der Waals surface area contributed by atoms with Crippen molar-refractivity contribution >= 4 is 5.91 Å². The zero-order chi connectivity index (χ0) is 12.3. The summed E-state index contributed by atoms with van der Waals surface area (Å²) in [6.07, 6.45) is 0.964. The van der Waals surface area contributed by atoms with E-state index in [-0.39, 0.29) is 11.5 Å². The fraction of sp³-hybridized carbons (Fsp3) is 0.545. The highest BCUT2D eigenvalue weighted by molar-refractivity contribution is 5.92. The number of rotatable bonds is 1. The summed E-state index contributed by atoms with van der Waals surface area (Å²) in [5.74, 6) is -0.114. The molecule has 1 aliphatic rings. The second-order valence-electron chi connectivity index (χ2n) is 4.26. The molecule has 0 aliphatic carbocycles. The lowest BCUT2D eigenvalue weighted by molar-refractivity contribution is 0.0755. The van der Waals surface area contributed by atoms with Gasteiger partial charge in [-0.2, -0.15) is 5.10 Å². The Labute approximate surface area is 99.2 Å². The molecule has 0 saturated carbocycles. The lowest BCUT2D eigenvalue weighted by Crippen LogP contribution is -2.35. The van der Waals surface area contributed by atoms with E-state index in [1.807, 2.05) is 7.05 Å². The Kier molecular flexibility index (Phi) is 3.53. The molecular formula is C11H16N4O2. The molecule has 1 aromatic heterocycles. The zero-order valence-corrected chi connectivity index (χ0v) is 9.85. The lowest BCUT2D eigenvalue weighted by Gasteiger charge is -2.19. The Bertz CT molecular complexity index is 437. The van der Waals surface area contributed by atoms with E-state index in [1.54, 1.807) is 4.90 Å². The molecule has 6 heteroatoms. The molecule has 2 heterocycles. The molecule has 17 heavy (non-hydrogen) atoms. The molecule has 6 nitrogen and oxygen atoms in total. The maximum Gasteiger partial charge on any atom is 0.274 e. The summed E-state index contributed by atoms with van der Waals surface area (Å²) in [5.41, 5.74) is 0.00584. The number of hydrogen-bond acceptors (Lipinski definition) is 4. The quantitative estimate of drug-likeness (QED) is 0.717. The largest absolute Gasteiger partial charge is 0.336 e. The van der Waals surface area contributed by atoms with Crippen LogP contribution in [0.25, 0.3) is 0 Å². The summed E-state index contributed by atoms with van der Waals surface area (Å²) in [7, 11) is 2.05. The summed E-state index contributed by atoms with van der Waals surface area (Å²) in [6, 6.07) is 2.79. The van der Waals surface area contributed by atoms with Gasteiger partial charge < -0.3 is 9.80 Å². The maximum atomic E-state index is 12.1. The van der Waals surface area contributed by atoms with Gasteiger partial charge >= 0.3 is 0 Å². The Morgan fingerprint density at radius 1 is 1.29 bits per heavy atom. The predicted molar refractivity (Wildman–Crippen MR) is 62.9 cm³/mol. The first-order chi connectivity index (χ1) is 8.16. The number of aromatic nitrogens is 2. The van der Waals surface area contributed by atoms with Crippen LogP contribution in [0, 0.1) is 0 Å². The van der Waals surface area contributed by atoms with E-state index in [9.17, 15) is 9.59 Å². The SMILES string of the molecule is CN1CCCN(C(=O)c2ccc(=O)[nH]n2)CC1. The van der Waals surface area contributed by atoms with Crippen LogP contribution in [0.2, 0.25) is 0 Å². The number of hydrogen-bond donors (Lipinski definition) is 1. The molecule has 1 aliphatic heterocycles. The average Bonchev–Trinajstić information content (AvgIpc) is 2.54. The smallest absolute Gasteiger partial charge is 0.274 e. The predicted octanol–water partition coefficient (Wildman–Crippen LogP) is -0.452. The van der Waals surface area contributed by atoms with E-state index in [1.165, 1.54) is 12.1 Å². The Morgan fingerprint density at radius 2 is 2.12 bits per heavy atom. The summed E-state index contributed by atoms with van der Waals surface area (Å²) < 4.78 is 0. The fourth-order valence-electron chi connectivity index (χ4n) is 1.88. The van der Waals surface area contributed by atoms with Gasteiger partial charge in [0.15, 0.2) is 0 Å². The van der Waals surface area contributed by atoms with Gasteiger partial charge in [0.2, 0.25) is 0 Å². The summed E-state index contributed by atoms with van der Waals surface area (Å²) in [6.45, 7) is 3.32. The number of carbonyl (C=O) groups is 1. The molecule has 0 unspecified atom stereocenters. The minimum atomic E-state index is -0.294. The van der Waals surface area contributed by atoms with Crippen molar-refractivity contribution in [3.8, 4) is 0 Å². The normalized spacial score (nSPS) is 17.8. The molecule has 2 rings (SSSR count). The number of H-pyrrole nitrogens is 1. The van der Waals surface area contributed by atoms with Crippen molar-refractivity contribution in [2.75, 3.05) is 33.2 Å². The van der Waals surface area contributed by atoms with E-state index >= 15 is 0 Å². The van der Waals surface area contributed by atoms with Gasteiger partial charge in [0, 0.05) is 25.7 Å². The van der Waals surface area contributed by atoms with Gasteiger partial charge in [-0.15, -0.1) is 0 Å². The van der Waals surface area contributed by atoms with Gasteiger partial charge in [0.1, 0.15) is 5.69 Å². The van der Waals surface area contributed by atoms with Crippen molar-refractivity contribution in [3.63, 3.8) is 0 Å². The Hall–Kier alpha value is -1.69. The topological polar surface area (TPSA) is 69.3 Å². The van der Waals surface area contributed by atoms with Crippen LogP contribution in [0.1, 0.15) is 16.9 Å². The molecular weight excluding hydrogens is 220 g/mol. The third-order valence-corrected chi connectivity index (χ3v) is 2.90. The molecule has 0 spiro atoms. The van der Waals surface area contributed by atoms with Gasteiger partial charge in [0.25, 0.3) is 11.5 Å². The molecule has 1 fully saturated rings. The number of likely N-dealkylation sites (N-methyl/N-ethyl adjacent to an activating group) is 1. The molecule has 92 valence electrons. The maximum absolute atomic E-state index is 12.1. The van der Waals surface area contributed by atoms with Crippen LogP contribution in [0.4, 0.5) is 0 Å². The Balaban J connectivity index is 2.08. The molecule has 1 aromatic rings. The van der Waals surface area contributed by atoms with Crippen LogP contribution in [-0.4, -0.2) is 59.1 Å². The van der Waals surface area contributed by atoms with E-state index in [0.29, 0.717) is 12.2 Å². The van der Waals surface area contributed by atoms with Gasteiger partial charge in [-0.1, -0.05) is 0 Å². The number of amides is 1. The lowest BCUT2D eigenvalue weighted by atomic mass is 10.3. The minimum absolute atomic E-state index is 0.114. The summed E-state index contributed by atoms with van der Waals surface area (Å²) >= 11 is 0. The van der Waals surface area contributed by atoms with Crippen molar-refractivity contribution in [1.29, 1.82) is 0 Å². The van der Waals surface area contributed by atoms with Crippen molar-refractivity contribution in [1.82, 2.24) is 20.0 Å². The highest BCUT2D eigenvalue weighted by atomic mass is 16.2. The van der Waals surface area contributed by atoms with Gasteiger partial charge in [-0.05, 0) is 26.1 Å². The molecule has 0 aromatic carbocycles. The van der Waals surface area contributed by atoms with Crippen LogP contribution >= 0.6 is 0 Å². The van der Waals surface area contributed by atoms with Gasteiger partial charge in [0.05, 0.1) is 0 Å². The highest BCUT2D eigenvalue weighted by Gasteiger charge is 2.19. The first kappa shape index (κ1) is 11.8. The molecule has 0 bridgehead atoms. The first-order valence-electron chi connectivity index (χ1n) is 5.70. The summed E-state index contributed by atoms with van der Waals surface area (Å²) in [4.78, 5) is 26.9. The third kappa shape index (κ3) is 2.91. The van der Waals surface area contributed by atoms with E-state index in [4.69, 9.17) is 0 Å². The fourth-order valence-corrected chi connectivity index (χ4v) is 1.88. The Morgan fingerprint density at radius 3 is 2.82 bits per heavy atom. The van der Waals surface area contributed by atoms with Gasteiger partial charge in [-0.3, -0.25) is 9.59 Å². The van der Waals surface area contributed by atoms with Crippen molar-refractivity contribution in [2.45, 2.75) is 6.42 Å². The van der Waals surface area contributed by atoms with Crippen LogP contribution in [0.15, 0.2) is 16.9 Å². The monoisotopic (exact) mass is 236 g/mol. The molecule has 0 atom stereocenters. The number of carbonyl (C=O) groups excluding carboxylic acids is 1. The van der Waals surface area contributed by atoms with Crippen molar-refractivity contribution in [2.24, 2.45) is 0 Å². The van der Waals surface area contributed by atoms with E-state index in [2.05, 4.69) is 15.1 Å². The molecule has 0 radical (unpaired) electrons. The third-order valence-electron chi connectivity index (χ3n) is 2.90. The number of nitrogens with zero attached hydrogens (tertiary/aromatic N) is 3. The second kappa shape index (κ2) is 5.09. The first-order valence-corrected chi connectivity index (χ1v) is 5.70. The van der Waals surface area contributed by atoms with Crippen LogP contribution in [-0.2, 0) is 0 Å². The van der Waals surface area contributed by atoms with Crippen LogP contribution < -0.4 is 5.56 Å². The van der Waals surface area contributed by atoms with E-state index in [0.717, 1.165) is 26.1 Å². The van der Waals surface area contributed by atoms with Crippen LogP contribution in [0.3, 0.4) is 0 Å². The second-order valence-corrected chi connectivity index (χ2v) is 4.26. The van der Waals surface area contributed by atoms with E-state index < -0.39 is 0 Å². The number of aromatic amines is 1. The number of nitrogens with one attached hydrogen (secondary N) is 1. The molecule has 1 amide bonds. The molecule has 1 N–H and O–H groups in total. The van der Waals surface area contributed by atoms with Crippen LogP contribution in [0.5, 0.6) is 0 Å². The average molecular weight is 236 g/mol. The highest BCUT2D eigenvalue weighted by Crippen LogP contribution is 2.05. The zero-order valence-electron chi connectivity index (χ0n) is 9.85. The summed E-state index contributed by atoms with van der Waals surface area (Å²) in [5, 5.41) is 6.04. The van der Waals surface area contributed by atoms with Gasteiger partial charge in [-0.25, -0.2) is 5.10 Å². The van der Waals surface area contributed by atoms with Crippen molar-refractivity contribution in [3.05, 3.63) is 28.2 Å². The minimum Gasteiger partial charge on any atom is -0.336 e. The van der Waals surface area contributed by atoms with Crippen molar-refractivity contribution < 1.29 is 4.79 Å². The molecule has 1 saturated heterocycles. The standard InChI is InChI=1S/C11H16N4O2/c1-14-5-2-6-15(8-7-14)11(17)9-3-4-10(16)13-12-9/h3-4H,2,5-8H2,1H3,(H,13,16).